The summed E-state index contributed by atoms with van der Waals surface area (Å²) in [6.45, 7) is 4.03. The van der Waals surface area contributed by atoms with E-state index in [9.17, 15) is 19.5 Å². The Morgan fingerprint density at radius 2 is 2.08 bits per heavy atom. The van der Waals surface area contributed by atoms with E-state index in [1.165, 1.54) is 4.90 Å². The third-order valence-electron chi connectivity index (χ3n) is 4.44. The largest absolute Gasteiger partial charge is 0.480 e. The van der Waals surface area contributed by atoms with Gasteiger partial charge in [-0.15, -0.1) is 11.8 Å². The molecule has 2 saturated heterocycles. The lowest BCUT2D eigenvalue weighted by atomic mass is 10.00. The van der Waals surface area contributed by atoms with Crippen LogP contribution in [-0.4, -0.2) is 56.3 Å². The summed E-state index contributed by atoms with van der Waals surface area (Å²) < 4.78 is 0. The van der Waals surface area contributed by atoms with Crippen molar-refractivity contribution in [1.29, 1.82) is 0 Å². The summed E-state index contributed by atoms with van der Waals surface area (Å²) in [6.07, 6.45) is 3.25. The maximum atomic E-state index is 12.9. The fourth-order valence-corrected chi connectivity index (χ4v) is 5.13. The number of nitrogens with zero attached hydrogens (tertiary/aromatic N) is 1. The first-order chi connectivity index (χ1) is 11.3. The van der Waals surface area contributed by atoms with Gasteiger partial charge in [0.25, 0.3) is 0 Å². The van der Waals surface area contributed by atoms with Crippen LogP contribution in [0.3, 0.4) is 0 Å². The Morgan fingerprint density at radius 3 is 2.71 bits per heavy atom. The Morgan fingerprint density at radius 1 is 1.38 bits per heavy atom. The molecule has 0 saturated carbocycles. The number of carbonyl (C=O) groups excluding carboxylic acids is 2. The van der Waals surface area contributed by atoms with Gasteiger partial charge in [-0.05, 0) is 43.8 Å². The van der Waals surface area contributed by atoms with Crippen molar-refractivity contribution in [1.82, 2.24) is 10.2 Å². The van der Waals surface area contributed by atoms with E-state index in [1.807, 2.05) is 13.8 Å². The second-order valence-corrected chi connectivity index (χ2v) is 8.76. The molecule has 0 aromatic rings. The highest BCUT2D eigenvalue weighted by Gasteiger charge is 2.43. The summed E-state index contributed by atoms with van der Waals surface area (Å²) in [4.78, 5) is 38.2. The Labute approximate surface area is 152 Å². The molecule has 2 amide bonds. The molecule has 0 bridgehead atoms. The van der Waals surface area contributed by atoms with E-state index in [4.69, 9.17) is 0 Å². The van der Waals surface area contributed by atoms with Crippen LogP contribution in [0.15, 0.2) is 0 Å². The summed E-state index contributed by atoms with van der Waals surface area (Å²) in [6, 6.07) is -1.44. The molecule has 2 heterocycles. The van der Waals surface area contributed by atoms with E-state index in [2.05, 4.69) is 17.9 Å². The number of aliphatic carboxylic acids is 1. The SMILES string of the molecule is CC(C)CC(S)C(=O)NC1CCSC2CCCC(C(=O)O)N2C1=O. The summed E-state index contributed by atoms with van der Waals surface area (Å²) >= 11 is 5.94. The molecular weight excluding hydrogens is 348 g/mol. The summed E-state index contributed by atoms with van der Waals surface area (Å²) in [5, 5.41) is 11.7. The predicted molar refractivity (Wildman–Crippen MR) is 97.1 cm³/mol. The Kier molecular flexibility index (Phi) is 6.86. The van der Waals surface area contributed by atoms with Gasteiger partial charge in [-0.1, -0.05) is 13.8 Å². The van der Waals surface area contributed by atoms with Crippen molar-refractivity contribution >= 4 is 42.2 Å². The average molecular weight is 375 g/mol. The predicted octanol–water partition coefficient (Wildman–Crippen LogP) is 1.74. The molecule has 2 fully saturated rings. The van der Waals surface area contributed by atoms with Crippen molar-refractivity contribution < 1.29 is 19.5 Å². The van der Waals surface area contributed by atoms with Crippen LogP contribution in [0.4, 0.5) is 0 Å². The molecular formula is C16H26N2O4S2. The van der Waals surface area contributed by atoms with Gasteiger partial charge in [-0.2, -0.15) is 12.6 Å². The van der Waals surface area contributed by atoms with Crippen LogP contribution in [-0.2, 0) is 14.4 Å². The van der Waals surface area contributed by atoms with Crippen LogP contribution in [0.1, 0.15) is 46.0 Å². The third kappa shape index (κ3) is 4.59. The number of amides is 2. The molecule has 6 nitrogen and oxygen atoms in total. The van der Waals surface area contributed by atoms with Crippen molar-refractivity contribution in [3.05, 3.63) is 0 Å². The smallest absolute Gasteiger partial charge is 0.326 e. The maximum absolute atomic E-state index is 12.9. The van der Waals surface area contributed by atoms with E-state index in [1.54, 1.807) is 11.8 Å². The van der Waals surface area contributed by atoms with Gasteiger partial charge in [0.1, 0.15) is 12.1 Å². The normalized spacial score (nSPS) is 28.9. The molecule has 0 aromatic carbocycles. The van der Waals surface area contributed by atoms with Gasteiger partial charge < -0.3 is 15.3 Å². The van der Waals surface area contributed by atoms with Crippen molar-refractivity contribution in [2.75, 3.05) is 5.75 Å². The summed E-state index contributed by atoms with van der Waals surface area (Å²) in [5.41, 5.74) is 0. The van der Waals surface area contributed by atoms with Crippen LogP contribution in [0.2, 0.25) is 0 Å². The number of rotatable bonds is 5. The number of carboxylic acids is 1. The number of carbonyl (C=O) groups is 3. The first-order valence-electron chi connectivity index (χ1n) is 8.46. The van der Waals surface area contributed by atoms with Crippen LogP contribution in [0, 0.1) is 5.92 Å². The molecule has 4 unspecified atom stereocenters. The Hall–Kier alpha value is -0.890. The third-order valence-corrected chi connectivity index (χ3v) is 6.21. The summed E-state index contributed by atoms with van der Waals surface area (Å²) in [5.74, 6) is -0.423. The molecule has 4 atom stereocenters. The monoisotopic (exact) mass is 374 g/mol. The minimum atomic E-state index is -0.965. The molecule has 24 heavy (non-hydrogen) atoms. The zero-order valence-electron chi connectivity index (χ0n) is 14.1. The number of nitrogens with one attached hydrogen (secondary N) is 1. The first-order valence-corrected chi connectivity index (χ1v) is 10.0. The van der Waals surface area contributed by atoms with Gasteiger partial charge in [0.05, 0.1) is 10.6 Å². The van der Waals surface area contributed by atoms with Crippen molar-refractivity contribution in [3.8, 4) is 0 Å². The quantitative estimate of drug-likeness (QED) is 0.638. The Bertz CT molecular complexity index is 500. The summed E-state index contributed by atoms with van der Waals surface area (Å²) in [7, 11) is 0. The second-order valence-electron chi connectivity index (χ2n) is 6.85. The lowest BCUT2D eigenvalue weighted by Crippen LogP contribution is -2.57. The highest BCUT2D eigenvalue weighted by Crippen LogP contribution is 2.34. The molecule has 2 rings (SSSR count). The molecule has 0 aromatic heterocycles. The van der Waals surface area contributed by atoms with E-state index >= 15 is 0 Å². The zero-order valence-corrected chi connectivity index (χ0v) is 15.8. The van der Waals surface area contributed by atoms with Crippen LogP contribution >= 0.6 is 24.4 Å². The highest BCUT2D eigenvalue weighted by atomic mass is 32.2. The fourth-order valence-electron chi connectivity index (χ4n) is 3.25. The van der Waals surface area contributed by atoms with Gasteiger partial charge in [0.15, 0.2) is 0 Å². The standard InChI is InChI=1S/C16H26N2O4S2/c1-9(2)8-12(23)14(19)17-10-6-7-24-13-5-3-4-11(16(21)22)18(13)15(10)20/h9-13,23H,3-8H2,1-2H3,(H,17,19)(H,21,22). The van der Waals surface area contributed by atoms with Crippen molar-refractivity contribution in [2.24, 2.45) is 5.92 Å². The number of hydrogen-bond acceptors (Lipinski definition) is 5. The van der Waals surface area contributed by atoms with Gasteiger partial charge in [0, 0.05) is 0 Å². The minimum absolute atomic E-state index is 0.100. The zero-order chi connectivity index (χ0) is 17.9. The van der Waals surface area contributed by atoms with E-state index < -0.39 is 23.3 Å². The van der Waals surface area contributed by atoms with Gasteiger partial charge in [-0.25, -0.2) is 4.79 Å². The number of thioether (sulfide) groups is 1. The second kappa shape index (κ2) is 8.47. The fraction of sp³-hybridized carbons (Fsp3) is 0.812. The van der Waals surface area contributed by atoms with Crippen molar-refractivity contribution in [3.63, 3.8) is 0 Å². The van der Waals surface area contributed by atoms with E-state index in [-0.39, 0.29) is 17.2 Å². The van der Waals surface area contributed by atoms with Gasteiger partial charge >= 0.3 is 5.97 Å². The topological polar surface area (TPSA) is 86.7 Å². The molecule has 0 radical (unpaired) electrons. The minimum Gasteiger partial charge on any atom is -0.480 e. The van der Waals surface area contributed by atoms with E-state index in [0.29, 0.717) is 25.2 Å². The number of hydrogen-bond donors (Lipinski definition) is 3. The van der Waals surface area contributed by atoms with Crippen LogP contribution in [0.25, 0.3) is 0 Å². The van der Waals surface area contributed by atoms with Crippen molar-refractivity contribution in [2.45, 2.75) is 68.7 Å². The highest BCUT2D eigenvalue weighted by molar-refractivity contribution is 7.99. The van der Waals surface area contributed by atoms with Gasteiger partial charge in [-0.3, -0.25) is 9.59 Å². The number of thiol groups is 1. The number of fused-ring (bicyclic) bond motifs is 1. The molecule has 2 aliphatic rings. The lowest BCUT2D eigenvalue weighted by Gasteiger charge is -2.39. The van der Waals surface area contributed by atoms with E-state index in [0.717, 1.165) is 18.6 Å². The number of piperidine rings is 1. The molecule has 136 valence electrons. The molecule has 2 N–H and O–H groups in total. The van der Waals surface area contributed by atoms with Crippen LogP contribution < -0.4 is 5.32 Å². The maximum Gasteiger partial charge on any atom is 0.326 e. The molecule has 0 spiro atoms. The Balaban J connectivity index is 2.10. The number of carboxylic acid groups (broad SMARTS) is 1. The molecule has 8 heteroatoms. The van der Waals surface area contributed by atoms with Gasteiger partial charge in [0.2, 0.25) is 11.8 Å². The molecule has 2 aliphatic heterocycles. The lowest BCUT2D eigenvalue weighted by molar-refractivity contribution is -0.154. The van der Waals surface area contributed by atoms with Crippen LogP contribution in [0.5, 0.6) is 0 Å². The molecule has 0 aliphatic carbocycles. The average Bonchev–Trinajstić information content (AvgIpc) is 2.66. The first kappa shape index (κ1) is 19.4.